The van der Waals surface area contributed by atoms with E-state index in [1.165, 1.54) is 31.3 Å². The van der Waals surface area contributed by atoms with Gasteiger partial charge in [-0.2, -0.15) is 0 Å². The number of benzene rings is 1. The summed E-state index contributed by atoms with van der Waals surface area (Å²) in [7, 11) is 0. The van der Waals surface area contributed by atoms with Gasteiger partial charge in [0.05, 0.1) is 10.6 Å². The van der Waals surface area contributed by atoms with Gasteiger partial charge in [0, 0.05) is 23.3 Å². The van der Waals surface area contributed by atoms with Crippen LogP contribution < -0.4 is 10.6 Å². The highest BCUT2D eigenvalue weighted by molar-refractivity contribution is 7.13. The smallest absolute Gasteiger partial charge is 0.301 e. The minimum atomic E-state index is -0.947. The Morgan fingerprint density at radius 3 is 2.67 bits per heavy atom. The number of nitrogens with one attached hydrogen (secondary N) is 2. The molecule has 3 rings (SSSR count). The van der Waals surface area contributed by atoms with Gasteiger partial charge in [-0.25, -0.2) is 9.37 Å². The van der Waals surface area contributed by atoms with Gasteiger partial charge in [-0.1, -0.05) is 11.6 Å². The predicted molar refractivity (Wildman–Crippen MR) is 97.9 cm³/mol. The number of halogens is 2. The highest BCUT2D eigenvalue weighted by atomic mass is 35.5. The summed E-state index contributed by atoms with van der Waals surface area (Å²) in [4.78, 5) is 40.3. The molecule has 0 spiro atoms. The molecule has 0 atom stereocenters. The number of furan rings is 1. The molecule has 0 unspecified atom stereocenters. The van der Waals surface area contributed by atoms with E-state index in [0.29, 0.717) is 0 Å². The van der Waals surface area contributed by atoms with Gasteiger partial charge in [-0.3, -0.25) is 19.7 Å². The number of amides is 2. The van der Waals surface area contributed by atoms with Crippen LogP contribution in [-0.4, -0.2) is 22.6 Å². The van der Waals surface area contributed by atoms with Crippen LogP contribution >= 0.6 is 22.9 Å². The zero-order valence-corrected chi connectivity index (χ0v) is 15.3. The van der Waals surface area contributed by atoms with Gasteiger partial charge in [-0.05, 0) is 25.1 Å². The summed E-state index contributed by atoms with van der Waals surface area (Å²) in [5.41, 5.74) is 0.322. The van der Waals surface area contributed by atoms with Crippen molar-refractivity contribution in [1.82, 2.24) is 4.98 Å². The molecular formula is C17H11ClFN3O4S. The van der Waals surface area contributed by atoms with Crippen LogP contribution in [0, 0.1) is 12.7 Å². The van der Waals surface area contributed by atoms with Crippen molar-refractivity contribution in [1.29, 1.82) is 0 Å². The van der Waals surface area contributed by atoms with Crippen molar-refractivity contribution in [3.8, 4) is 0 Å². The molecule has 2 heterocycles. The number of nitrogens with zero attached hydrogens (tertiary/aromatic N) is 1. The molecule has 138 valence electrons. The number of carbonyl (C=O) groups is 3. The van der Waals surface area contributed by atoms with E-state index in [9.17, 15) is 18.8 Å². The van der Waals surface area contributed by atoms with Gasteiger partial charge in [0.2, 0.25) is 0 Å². The molecule has 0 radical (unpaired) electrons. The van der Waals surface area contributed by atoms with Crippen LogP contribution in [0.5, 0.6) is 0 Å². The molecule has 2 aromatic heterocycles. The molecule has 1 aromatic carbocycles. The van der Waals surface area contributed by atoms with Crippen molar-refractivity contribution in [2.75, 3.05) is 10.6 Å². The van der Waals surface area contributed by atoms with E-state index in [4.69, 9.17) is 16.0 Å². The number of thiazole rings is 1. The molecule has 0 fully saturated rings. The van der Waals surface area contributed by atoms with E-state index < -0.39 is 23.4 Å². The molecule has 0 saturated carbocycles. The number of anilines is 2. The average Bonchev–Trinajstić information content (AvgIpc) is 3.27. The van der Waals surface area contributed by atoms with Crippen LogP contribution in [0.3, 0.4) is 0 Å². The number of ketones is 1. The van der Waals surface area contributed by atoms with Crippen LogP contribution in [0.2, 0.25) is 5.02 Å². The third-order valence-electron chi connectivity index (χ3n) is 3.42. The number of carbonyl (C=O) groups excluding carboxylic acids is 3. The number of aromatic nitrogens is 1. The van der Waals surface area contributed by atoms with Crippen molar-refractivity contribution in [2.45, 2.75) is 6.92 Å². The zero-order chi connectivity index (χ0) is 19.6. The summed E-state index contributed by atoms with van der Waals surface area (Å²) < 4.78 is 18.4. The first-order chi connectivity index (χ1) is 12.8. The number of hydrogen-bond donors (Lipinski definition) is 2. The van der Waals surface area contributed by atoms with Crippen molar-refractivity contribution in [3.05, 3.63) is 63.8 Å². The van der Waals surface area contributed by atoms with Crippen LogP contribution in [0.1, 0.15) is 26.7 Å². The number of rotatable bonds is 5. The molecule has 0 bridgehead atoms. The summed E-state index contributed by atoms with van der Waals surface area (Å²) in [6, 6.07) is 4.86. The Balaban J connectivity index is 1.74. The van der Waals surface area contributed by atoms with Crippen molar-refractivity contribution in [3.63, 3.8) is 0 Å². The van der Waals surface area contributed by atoms with E-state index >= 15 is 0 Å². The Hall–Kier alpha value is -3.04. The Bertz CT molecular complexity index is 1030. The largest absolute Gasteiger partial charge is 0.457 e. The maximum Gasteiger partial charge on any atom is 0.301 e. The van der Waals surface area contributed by atoms with Crippen LogP contribution in [0.25, 0.3) is 0 Å². The molecule has 2 amide bonds. The molecule has 0 saturated heterocycles. The van der Waals surface area contributed by atoms with Gasteiger partial charge < -0.3 is 9.73 Å². The lowest BCUT2D eigenvalue weighted by atomic mass is 10.2. The lowest BCUT2D eigenvalue weighted by Gasteiger charge is -2.05. The molecule has 7 nitrogen and oxygen atoms in total. The number of Topliss-reactive ketones (excluding diaryl/α,β-unsaturated/α-hetero) is 1. The summed E-state index contributed by atoms with van der Waals surface area (Å²) in [6.45, 7) is 1.47. The first kappa shape index (κ1) is 18.7. The van der Waals surface area contributed by atoms with Crippen molar-refractivity contribution in [2.24, 2.45) is 0 Å². The highest BCUT2D eigenvalue weighted by Gasteiger charge is 2.24. The van der Waals surface area contributed by atoms with Crippen LogP contribution in [0.15, 0.2) is 40.3 Å². The van der Waals surface area contributed by atoms with Gasteiger partial charge >= 0.3 is 5.91 Å². The minimum absolute atomic E-state index is 0.0563. The molecule has 0 aliphatic carbocycles. The van der Waals surface area contributed by atoms with Gasteiger partial charge in [0.1, 0.15) is 11.6 Å². The van der Waals surface area contributed by atoms with E-state index in [0.717, 1.165) is 17.4 Å². The van der Waals surface area contributed by atoms with Crippen LogP contribution in [0.4, 0.5) is 15.2 Å². The monoisotopic (exact) mass is 407 g/mol. The lowest BCUT2D eigenvalue weighted by molar-refractivity contribution is -0.112. The van der Waals surface area contributed by atoms with E-state index in [1.807, 2.05) is 0 Å². The van der Waals surface area contributed by atoms with Crippen LogP contribution in [-0.2, 0) is 4.79 Å². The second-order valence-corrected chi connectivity index (χ2v) is 6.59. The Kier molecular flexibility index (Phi) is 5.33. The quantitative estimate of drug-likeness (QED) is 0.493. The standard InChI is InChI=1S/C17H11ClFN3O4S/c1-8-10(15(24)21-9-2-3-12(19)11(18)6-9)7-13(26-8)14(23)16(25)22-17-20-4-5-27-17/h2-7H,1H3,(H,21,24)(H,20,22,25). The maximum absolute atomic E-state index is 13.2. The third-order valence-corrected chi connectivity index (χ3v) is 4.40. The Morgan fingerprint density at radius 2 is 2.00 bits per heavy atom. The fraction of sp³-hybridized carbons (Fsp3) is 0.0588. The maximum atomic E-state index is 13.2. The summed E-state index contributed by atoms with van der Waals surface area (Å²) in [6.07, 6.45) is 1.48. The average molecular weight is 408 g/mol. The molecule has 27 heavy (non-hydrogen) atoms. The second kappa shape index (κ2) is 7.68. The topological polar surface area (TPSA) is 101 Å². The predicted octanol–water partition coefficient (Wildman–Crippen LogP) is 3.91. The van der Waals surface area contributed by atoms with E-state index in [1.54, 1.807) is 5.38 Å². The SMILES string of the molecule is Cc1oc(C(=O)C(=O)Nc2nccs2)cc1C(=O)Nc1ccc(F)c(Cl)c1. The second-order valence-electron chi connectivity index (χ2n) is 5.28. The lowest BCUT2D eigenvalue weighted by Crippen LogP contribution is -2.22. The first-order valence-electron chi connectivity index (χ1n) is 7.47. The van der Waals surface area contributed by atoms with Gasteiger partial charge in [-0.15, -0.1) is 11.3 Å². The van der Waals surface area contributed by atoms with E-state index in [-0.39, 0.29) is 32.9 Å². The minimum Gasteiger partial charge on any atom is -0.457 e. The fourth-order valence-corrected chi connectivity index (χ4v) is 2.85. The van der Waals surface area contributed by atoms with Crippen molar-refractivity contribution < 1.29 is 23.2 Å². The summed E-state index contributed by atoms with van der Waals surface area (Å²) in [5, 5.41) is 6.61. The normalized spacial score (nSPS) is 10.5. The number of hydrogen-bond acceptors (Lipinski definition) is 6. The first-order valence-corrected chi connectivity index (χ1v) is 8.73. The molecular weight excluding hydrogens is 397 g/mol. The van der Waals surface area contributed by atoms with Gasteiger partial charge in [0.25, 0.3) is 11.7 Å². The Labute approximate surface area is 161 Å². The molecule has 2 N–H and O–H groups in total. The molecule has 10 heteroatoms. The fourth-order valence-electron chi connectivity index (χ4n) is 2.14. The molecule has 0 aliphatic rings. The molecule has 3 aromatic rings. The third kappa shape index (κ3) is 4.21. The van der Waals surface area contributed by atoms with E-state index in [2.05, 4.69) is 15.6 Å². The summed E-state index contributed by atoms with van der Waals surface area (Å²) in [5.74, 6) is -3.24. The Morgan fingerprint density at radius 1 is 1.22 bits per heavy atom. The number of aryl methyl sites for hydroxylation is 1. The van der Waals surface area contributed by atoms with Crippen molar-refractivity contribution >= 4 is 51.4 Å². The highest BCUT2D eigenvalue weighted by Crippen LogP contribution is 2.22. The molecule has 0 aliphatic heterocycles. The summed E-state index contributed by atoms with van der Waals surface area (Å²) >= 11 is 6.83. The van der Waals surface area contributed by atoms with Gasteiger partial charge in [0.15, 0.2) is 10.9 Å². The zero-order valence-electron chi connectivity index (χ0n) is 13.7.